The first-order valence-corrected chi connectivity index (χ1v) is 9.51. The number of carbonyl (C=O) groups excluding carboxylic acids is 1. The van der Waals surface area contributed by atoms with Gasteiger partial charge in [0.2, 0.25) is 5.76 Å². The Bertz CT molecular complexity index is 1330. The van der Waals surface area contributed by atoms with Gasteiger partial charge in [0.05, 0.1) is 17.0 Å². The quantitative estimate of drug-likeness (QED) is 0.478. The molecule has 0 saturated heterocycles. The fraction of sp³-hybridized carbons (Fsp3) is 0.0870. The molecule has 0 aliphatic carbocycles. The average Bonchev–Trinajstić information content (AvgIpc) is 3.02. The van der Waals surface area contributed by atoms with Crippen LogP contribution in [-0.4, -0.2) is 10.9 Å². The lowest BCUT2D eigenvalue weighted by molar-refractivity contribution is 0.0970. The van der Waals surface area contributed by atoms with Crippen molar-refractivity contribution in [2.75, 3.05) is 4.90 Å². The van der Waals surface area contributed by atoms with Crippen molar-refractivity contribution in [3.63, 3.8) is 0 Å². The molecule has 4 aromatic rings. The van der Waals surface area contributed by atoms with Crippen LogP contribution in [0.3, 0.4) is 0 Å². The zero-order valence-corrected chi connectivity index (χ0v) is 16.2. The molecule has 5 nitrogen and oxygen atoms in total. The Morgan fingerprint density at radius 3 is 2.55 bits per heavy atom. The molecule has 1 atom stereocenters. The molecule has 0 saturated carbocycles. The lowest BCUT2D eigenvalue weighted by atomic mass is 9.98. The Morgan fingerprint density at radius 1 is 1.00 bits per heavy atom. The summed E-state index contributed by atoms with van der Waals surface area (Å²) in [5.74, 6) is 0.125. The predicted molar refractivity (Wildman–Crippen MR) is 112 cm³/mol. The van der Waals surface area contributed by atoms with E-state index in [1.807, 2.05) is 49.4 Å². The maximum Gasteiger partial charge on any atom is 0.296 e. The van der Waals surface area contributed by atoms with E-state index in [0.717, 1.165) is 11.3 Å². The molecule has 1 aliphatic heterocycles. The molecule has 1 amide bonds. The van der Waals surface area contributed by atoms with Gasteiger partial charge in [-0.1, -0.05) is 48.0 Å². The second-order valence-electron chi connectivity index (χ2n) is 6.94. The molecule has 3 heterocycles. The number of rotatable bonds is 2. The Kier molecular flexibility index (Phi) is 4.00. The molecule has 2 aromatic carbocycles. The molecule has 142 valence electrons. The fourth-order valence-corrected chi connectivity index (χ4v) is 3.97. The molecule has 2 aromatic heterocycles. The summed E-state index contributed by atoms with van der Waals surface area (Å²) < 4.78 is 5.91. The molecule has 0 unspecified atom stereocenters. The fourth-order valence-electron chi connectivity index (χ4n) is 3.79. The van der Waals surface area contributed by atoms with E-state index in [-0.39, 0.29) is 17.1 Å². The first-order valence-electron chi connectivity index (χ1n) is 9.13. The number of aromatic nitrogens is 1. The summed E-state index contributed by atoms with van der Waals surface area (Å²) in [5.41, 5.74) is 1.95. The maximum absolute atomic E-state index is 13.4. The molecule has 5 rings (SSSR count). The second-order valence-corrected chi connectivity index (χ2v) is 7.38. The van der Waals surface area contributed by atoms with Crippen LogP contribution in [0.5, 0.6) is 0 Å². The van der Waals surface area contributed by atoms with Crippen molar-refractivity contribution in [3.8, 4) is 0 Å². The summed E-state index contributed by atoms with van der Waals surface area (Å²) in [6.07, 6.45) is 0. The SMILES string of the molecule is Cc1cccc(N2C(=O)c3oc4ccc(Cl)cc4c(=O)c3[C@@H]2c2ccccc2)n1. The Hall–Kier alpha value is -3.44. The van der Waals surface area contributed by atoms with Crippen LogP contribution in [0, 0.1) is 6.92 Å². The molecule has 0 fully saturated rings. The number of aryl methyl sites for hydroxylation is 1. The minimum absolute atomic E-state index is 0.0435. The number of amides is 1. The third kappa shape index (κ3) is 2.74. The number of carbonyl (C=O) groups is 1. The number of pyridine rings is 1. The van der Waals surface area contributed by atoms with Crippen molar-refractivity contribution < 1.29 is 9.21 Å². The zero-order chi connectivity index (χ0) is 20.1. The van der Waals surface area contributed by atoms with Gasteiger partial charge in [-0.05, 0) is 42.8 Å². The van der Waals surface area contributed by atoms with Crippen LogP contribution in [0.25, 0.3) is 11.0 Å². The van der Waals surface area contributed by atoms with E-state index < -0.39 is 6.04 Å². The van der Waals surface area contributed by atoms with Gasteiger partial charge in [0, 0.05) is 10.7 Å². The summed E-state index contributed by atoms with van der Waals surface area (Å²) in [6.45, 7) is 1.86. The van der Waals surface area contributed by atoms with E-state index in [1.54, 1.807) is 24.3 Å². The van der Waals surface area contributed by atoms with Crippen LogP contribution in [0.4, 0.5) is 5.82 Å². The van der Waals surface area contributed by atoms with Gasteiger partial charge in [-0.2, -0.15) is 0 Å². The van der Waals surface area contributed by atoms with Crippen molar-refractivity contribution in [1.82, 2.24) is 4.98 Å². The Labute approximate surface area is 171 Å². The predicted octanol–water partition coefficient (Wildman–Crippen LogP) is 4.90. The number of nitrogens with zero attached hydrogens (tertiary/aromatic N) is 2. The van der Waals surface area contributed by atoms with Gasteiger partial charge in [0.25, 0.3) is 5.91 Å². The molecule has 29 heavy (non-hydrogen) atoms. The van der Waals surface area contributed by atoms with Crippen LogP contribution in [-0.2, 0) is 0 Å². The second kappa shape index (κ2) is 6.57. The van der Waals surface area contributed by atoms with Gasteiger partial charge in [-0.3, -0.25) is 14.5 Å². The van der Waals surface area contributed by atoms with E-state index in [2.05, 4.69) is 4.98 Å². The third-order valence-corrected chi connectivity index (χ3v) is 5.30. The molecular weight excluding hydrogens is 388 g/mol. The molecule has 0 spiro atoms. The van der Waals surface area contributed by atoms with Crippen molar-refractivity contribution in [3.05, 3.63) is 105 Å². The highest BCUT2D eigenvalue weighted by Gasteiger charge is 2.44. The van der Waals surface area contributed by atoms with E-state index in [0.29, 0.717) is 27.4 Å². The van der Waals surface area contributed by atoms with Gasteiger partial charge in [0.15, 0.2) is 5.43 Å². The summed E-state index contributed by atoms with van der Waals surface area (Å²) in [4.78, 5) is 32.9. The summed E-state index contributed by atoms with van der Waals surface area (Å²) in [5, 5.41) is 0.784. The highest BCUT2D eigenvalue weighted by molar-refractivity contribution is 6.31. The van der Waals surface area contributed by atoms with E-state index in [9.17, 15) is 9.59 Å². The molecule has 0 radical (unpaired) electrons. The Morgan fingerprint density at radius 2 is 1.79 bits per heavy atom. The summed E-state index contributed by atoms with van der Waals surface area (Å²) >= 11 is 6.10. The lowest BCUT2D eigenvalue weighted by Crippen LogP contribution is -2.30. The van der Waals surface area contributed by atoms with Gasteiger partial charge < -0.3 is 4.42 Å². The highest BCUT2D eigenvalue weighted by atomic mass is 35.5. The number of anilines is 1. The molecule has 1 aliphatic rings. The van der Waals surface area contributed by atoms with Crippen molar-refractivity contribution in [1.29, 1.82) is 0 Å². The van der Waals surface area contributed by atoms with Crippen LogP contribution >= 0.6 is 11.6 Å². The monoisotopic (exact) mass is 402 g/mol. The van der Waals surface area contributed by atoms with Gasteiger partial charge in [-0.15, -0.1) is 0 Å². The smallest absolute Gasteiger partial charge is 0.296 e. The van der Waals surface area contributed by atoms with Crippen LogP contribution in [0.1, 0.15) is 33.4 Å². The standard InChI is InChI=1S/C23H15ClN2O3/c1-13-6-5-9-18(25-13)26-20(14-7-3-2-4-8-14)19-21(27)16-12-15(24)10-11-17(16)29-22(19)23(26)28/h2-12,20H,1H3/t20-/m0/s1. The van der Waals surface area contributed by atoms with E-state index in [4.69, 9.17) is 16.0 Å². The minimum atomic E-state index is -0.632. The highest BCUT2D eigenvalue weighted by Crippen LogP contribution is 2.40. The normalized spacial score (nSPS) is 15.7. The third-order valence-electron chi connectivity index (χ3n) is 5.07. The zero-order valence-electron chi connectivity index (χ0n) is 15.4. The van der Waals surface area contributed by atoms with Crippen LogP contribution in [0.2, 0.25) is 5.02 Å². The van der Waals surface area contributed by atoms with Crippen LogP contribution < -0.4 is 10.3 Å². The number of hydrogen-bond donors (Lipinski definition) is 0. The average molecular weight is 403 g/mol. The van der Waals surface area contributed by atoms with Gasteiger partial charge in [-0.25, -0.2) is 4.98 Å². The largest absolute Gasteiger partial charge is 0.450 e. The van der Waals surface area contributed by atoms with Crippen molar-refractivity contribution >= 4 is 34.3 Å². The van der Waals surface area contributed by atoms with Gasteiger partial charge in [0.1, 0.15) is 11.4 Å². The lowest BCUT2D eigenvalue weighted by Gasteiger charge is -2.24. The maximum atomic E-state index is 13.4. The molecule has 0 N–H and O–H groups in total. The number of hydrogen-bond acceptors (Lipinski definition) is 4. The first-order chi connectivity index (χ1) is 14.0. The van der Waals surface area contributed by atoms with Crippen molar-refractivity contribution in [2.45, 2.75) is 13.0 Å². The van der Waals surface area contributed by atoms with E-state index >= 15 is 0 Å². The van der Waals surface area contributed by atoms with Crippen molar-refractivity contribution in [2.24, 2.45) is 0 Å². The molecule has 0 bridgehead atoms. The molecule has 6 heteroatoms. The first kappa shape index (κ1) is 17.6. The topological polar surface area (TPSA) is 63.4 Å². The minimum Gasteiger partial charge on any atom is -0.450 e. The number of fused-ring (bicyclic) bond motifs is 2. The number of halogens is 1. The van der Waals surface area contributed by atoms with Gasteiger partial charge >= 0.3 is 0 Å². The molecular formula is C23H15ClN2O3. The summed E-state index contributed by atoms with van der Waals surface area (Å²) in [7, 11) is 0. The van der Waals surface area contributed by atoms with Crippen LogP contribution in [0.15, 0.2) is 75.9 Å². The number of benzene rings is 2. The summed E-state index contributed by atoms with van der Waals surface area (Å²) in [6, 6.07) is 19.0. The van der Waals surface area contributed by atoms with E-state index in [1.165, 1.54) is 4.90 Å². The Balaban J connectivity index is 1.84.